The van der Waals surface area contributed by atoms with Gasteiger partial charge in [0.05, 0.1) is 0 Å². The standard InChI is InChI=1S/C16H23NO/c1-13-15(14-9-5-3-6-10-14)18-16(17(13)2)11-7-4-8-12-16/h3,5-6,9-10,13,15H,4,7-8,11-12H2,1-2H3. The van der Waals surface area contributed by atoms with Gasteiger partial charge in [0.15, 0.2) is 0 Å². The number of benzene rings is 1. The van der Waals surface area contributed by atoms with Crippen LogP contribution in [0.1, 0.15) is 50.7 Å². The molecule has 3 rings (SSSR count). The Hall–Kier alpha value is -0.860. The predicted molar refractivity (Wildman–Crippen MR) is 73.3 cm³/mol. The van der Waals surface area contributed by atoms with Crippen molar-refractivity contribution in [1.29, 1.82) is 0 Å². The number of likely N-dealkylation sites (N-methyl/N-ethyl adjacent to an activating group) is 1. The average Bonchev–Trinajstić information content (AvgIpc) is 2.67. The lowest BCUT2D eigenvalue weighted by Gasteiger charge is -2.39. The molecule has 0 amide bonds. The minimum Gasteiger partial charge on any atom is -0.351 e. The molecule has 18 heavy (non-hydrogen) atoms. The molecule has 98 valence electrons. The van der Waals surface area contributed by atoms with Crippen LogP contribution >= 0.6 is 0 Å². The number of hydrogen-bond acceptors (Lipinski definition) is 2. The summed E-state index contributed by atoms with van der Waals surface area (Å²) in [6, 6.07) is 11.1. The van der Waals surface area contributed by atoms with E-state index >= 15 is 0 Å². The molecular weight excluding hydrogens is 222 g/mol. The van der Waals surface area contributed by atoms with E-state index < -0.39 is 0 Å². The second kappa shape index (κ2) is 4.67. The van der Waals surface area contributed by atoms with Crippen molar-refractivity contribution in [3.8, 4) is 0 Å². The minimum absolute atomic E-state index is 0.0121. The molecular formula is C16H23NO. The molecule has 2 heteroatoms. The molecule has 1 aromatic rings. The smallest absolute Gasteiger partial charge is 0.122 e. The maximum absolute atomic E-state index is 6.53. The highest BCUT2D eigenvalue weighted by Gasteiger charge is 2.49. The Morgan fingerprint density at radius 3 is 2.44 bits per heavy atom. The first kappa shape index (κ1) is 12.2. The Bertz CT molecular complexity index is 397. The number of rotatable bonds is 1. The highest BCUT2D eigenvalue weighted by molar-refractivity contribution is 5.21. The minimum atomic E-state index is 0.0121. The molecule has 1 heterocycles. The Morgan fingerprint density at radius 2 is 1.78 bits per heavy atom. The van der Waals surface area contributed by atoms with Crippen molar-refractivity contribution in [1.82, 2.24) is 4.90 Å². The largest absolute Gasteiger partial charge is 0.351 e. The fourth-order valence-corrected chi connectivity index (χ4v) is 3.56. The number of ether oxygens (including phenoxy) is 1. The molecule has 2 fully saturated rings. The molecule has 1 saturated carbocycles. The fourth-order valence-electron chi connectivity index (χ4n) is 3.56. The van der Waals surface area contributed by atoms with Crippen molar-refractivity contribution < 1.29 is 4.74 Å². The van der Waals surface area contributed by atoms with Gasteiger partial charge in [0, 0.05) is 6.04 Å². The van der Waals surface area contributed by atoms with Gasteiger partial charge < -0.3 is 4.74 Å². The van der Waals surface area contributed by atoms with Crippen LogP contribution in [0, 0.1) is 0 Å². The monoisotopic (exact) mass is 245 g/mol. The lowest BCUT2D eigenvalue weighted by molar-refractivity contribution is -0.120. The molecule has 2 atom stereocenters. The topological polar surface area (TPSA) is 12.5 Å². The van der Waals surface area contributed by atoms with Gasteiger partial charge in [-0.05, 0) is 45.2 Å². The van der Waals surface area contributed by atoms with Crippen LogP contribution in [0.2, 0.25) is 0 Å². The summed E-state index contributed by atoms with van der Waals surface area (Å²) in [5.74, 6) is 0. The molecule has 0 radical (unpaired) electrons. The zero-order valence-corrected chi connectivity index (χ0v) is 11.4. The normalized spacial score (nSPS) is 31.9. The maximum atomic E-state index is 6.53. The van der Waals surface area contributed by atoms with Crippen molar-refractivity contribution in [2.24, 2.45) is 0 Å². The fraction of sp³-hybridized carbons (Fsp3) is 0.625. The summed E-state index contributed by atoms with van der Waals surface area (Å²) in [6.45, 7) is 2.29. The van der Waals surface area contributed by atoms with Gasteiger partial charge in [-0.3, -0.25) is 4.90 Å². The summed E-state index contributed by atoms with van der Waals surface area (Å²) in [5.41, 5.74) is 1.33. The van der Waals surface area contributed by atoms with E-state index in [1.54, 1.807) is 0 Å². The van der Waals surface area contributed by atoms with Crippen molar-refractivity contribution in [2.75, 3.05) is 7.05 Å². The highest BCUT2D eigenvalue weighted by Crippen LogP contribution is 2.46. The van der Waals surface area contributed by atoms with Gasteiger partial charge in [-0.25, -0.2) is 0 Å². The van der Waals surface area contributed by atoms with Crippen LogP contribution in [0.3, 0.4) is 0 Å². The first-order valence-corrected chi connectivity index (χ1v) is 7.19. The average molecular weight is 245 g/mol. The Balaban J connectivity index is 1.86. The Morgan fingerprint density at radius 1 is 1.11 bits per heavy atom. The van der Waals surface area contributed by atoms with Gasteiger partial charge in [-0.15, -0.1) is 0 Å². The van der Waals surface area contributed by atoms with Gasteiger partial charge in [0.1, 0.15) is 11.8 Å². The van der Waals surface area contributed by atoms with Crippen LogP contribution in [0.5, 0.6) is 0 Å². The summed E-state index contributed by atoms with van der Waals surface area (Å²) in [5, 5.41) is 0. The van der Waals surface area contributed by atoms with Gasteiger partial charge in [0.2, 0.25) is 0 Å². The molecule has 0 bridgehead atoms. The summed E-state index contributed by atoms with van der Waals surface area (Å²) in [4.78, 5) is 2.48. The Labute approximate surface area is 110 Å². The molecule has 1 aliphatic heterocycles. The molecule has 1 spiro atoms. The second-order valence-corrected chi connectivity index (χ2v) is 5.81. The van der Waals surface area contributed by atoms with E-state index in [9.17, 15) is 0 Å². The molecule has 1 aromatic carbocycles. The summed E-state index contributed by atoms with van der Waals surface area (Å²) >= 11 is 0. The molecule has 2 nitrogen and oxygen atoms in total. The zero-order valence-electron chi connectivity index (χ0n) is 11.4. The molecule has 2 unspecified atom stereocenters. The molecule has 1 saturated heterocycles. The summed E-state index contributed by atoms with van der Waals surface area (Å²) < 4.78 is 6.53. The van der Waals surface area contributed by atoms with Gasteiger partial charge in [0.25, 0.3) is 0 Å². The van der Waals surface area contributed by atoms with E-state index in [1.165, 1.54) is 37.7 Å². The van der Waals surface area contributed by atoms with Crippen LogP contribution in [-0.4, -0.2) is 23.7 Å². The third kappa shape index (κ3) is 1.88. The van der Waals surface area contributed by atoms with Crippen LogP contribution in [-0.2, 0) is 4.74 Å². The lowest BCUT2D eigenvalue weighted by Crippen LogP contribution is -2.46. The molecule has 1 aliphatic carbocycles. The first-order chi connectivity index (χ1) is 8.73. The van der Waals surface area contributed by atoms with E-state index in [2.05, 4.69) is 49.2 Å². The third-order valence-electron chi connectivity index (χ3n) is 4.80. The SMILES string of the molecule is CC1C(c2ccccc2)OC2(CCCCC2)N1C. The quantitative estimate of drug-likeness (QED) is 0.747. The van der Waals surface area contributed by atoms with E-state index in [0.717, 1.165) is 0 Å². The van der Waals surface area contributed by atoms with Gasteiger partial charge in [-0.1, -0.05) is 36.8 Å². The van der Waals surface area contributed by atoms with Crippen molar-refractivity contribution in [2.45, 2.75) is 56.9 Å². The number of nitrogens with zero attached hydrogens (tertiary/aromatic N) is 1. The summed E-state index contributed by atoms with van der Waals surface area (Å²) in [6.07, 6.45) is 6.59. The summed E-state index contributed by atoms with van der Waals surface area (Å²) in [7, 11) is 2.24. The Kier molecular flexibility index (Phi) is 3.16. The van der Waals surface area contributed by atoms with Crippen LogP contribution in [0.25, 0.3) is 0 Å². The van der Waals surface area contributed by atoms with Crippen LogP contribution < -0.4 is 0 Å². The van der Waals surface area contributed by atoms with Crippen molar-refractivity contribution in [3.05, 3.63) is 35.9 Å². The van der Waals surface area contributed by atoms with Gasteiger partial charge >= 0.3 is 0 Å². The molecule has 0 aromatic heterocycles. The lowest BCUT2D eigenvalue weighted by atomic mass is 9.90. The van der Waals surface area contributed by atoms with Crippen molar-refractivity contribution in [3.63, 3.8) is 0 Å². The predicted octanol–water partition coefficient (Wildman–Crippen LogP) is 3.74. The van der Waals surface area contributed by atoms with E-state index in [4.69, 9.17) is 4.74 Å². The number of hydrogen-bond donors (Lipinski definition) is 0. The van der Waals surface area contributed by atoms with E-state index in [1.807, 2.05) is 0 Å². The van der Waals surface area contributed by atoms with Crippen LogP contribution in [0.15, 0.2) is 30.3 Å². The molecule has 2 aliphatic rings. The van der Waals surface area contributed by atoms with E-state index in [-0.39, 0.29) is 11.8 Å². The maximum Gasteiger partial charge on any atom is 0.122 e. The van der Waals surface area contributed by atoms with Crippen LogP contribution in [0.4, 0.5) is 0 Å². The highest BCUT2D eigenvalue weighted by atomic mass is 16.5. The molecule has 0 N–H and O–H groups in total. The zero-order chi connectivity index (χ0) is 12.6. The first-order valence-electron chi connectivity index (χ1n) is 7.19. The van der Waals surface area contributed by atoms with E-state index in [0.29, 0.717) is 6.04 Å². The second-order valence-electron chi connectivity index (χ2n) is 5.81. The van der Waals surface area contributed by atoms with Gasteiger partial charge in [-0.2, -0.15) is 0 Å². The van der Waals surface area contributed by atoms with Crippen molar-refractivity contribution >= 4 is 0 Å². The third-order valence-corrected chi connectivity index (χ3v) is 4.80.